The Kier molecular flexibility index (Phi) is 24.0. The second-order valence-electron chi connectivity index (χ2n) is 17.4. The smallest absolute Gasteiger partial charge is 0.392 e. The van der Waals surface area contributed by atoms with Gasteiger partial charge in [0.2, 0.25) is 11.1 Å². The van der Waals surface area contributed by atoms with Crippen molar-refractivity contribution in [2.75, 3.05) is 10.6 Å². The van der Waals surface area contributed by atoms with Crippen molar-refractivity contribution < 1.29 is 41.4 Å². The highest BCUT2D eigenvalue weighted by Crippen LogP contribution is 2.46. The molecule has 2 aliphatic heterocycles. The Balaban J connectivity index is 0.000000273. The SMILES string of the molecule is O=C1Nc2cc(CO)ccc2C(C#CC2CC2)(C(F)(F)F)N1.OCc1ccc2c(c1)NC(=S)NC2(C#CC1CC1)C(F)(F)F.[B]B([B])B([B])B(B([B])[B])B(B(B([B])[B])B([B])[B])B(B([B])[B])B([B])[B].[B][B][B]. The molecule has 41 heteroatoms. The summed E-state index contributed by atoms with van der Waals surface area (Å²) in [6.07, 6.45) is -15.7. The van der Waals surface area contributed by atoms with Crippen LogP contribution in [0.5, 0.6) is 0 Å². The van der Waals surface area contributed by atoms with Crippen molar-refractivity contribution in [1.29, 1.82) is 0 Å². The van der Waals surface area contributed by atoms with E-state index in [9.17, 15) is 31.1 Å². The molecule has 0 aromatic heterocycles. The zero-order valence-corrected chi connectivity index (χ0v) is 39.2. The quantitative estimate of drug-likeness (QED) is 0.0552. The highest BCUT2D eigenvalue weighted by atomic mass is 32.1. The summed E-state index contributed by atoms with van der Waals surface area (Å²) >= 11 is 4.92. The number of hydrogen-bond donors (Lipinski definition) is 6. The van der Waals surface area contributed by atoms with Crippen molar-refractivity contribution in [3.8, 4) is 23.7 Å². The number of aliphatic hydroxyl groups excluding tert-OH is 2. The van der Waals surface area contributed by atoms with Crippen LogP contribution in [0, 0.1) is 35.5 Å². The van der Waals surface area contributed by atoms with E-state index in [1.54, 1.807) is 0 Å². The average Bonchev–Trinajstić information content (AvgIpc) is 4.20. The number of amides is 2. The van der Waals surface area contributed by atoms with Crippen LogP contribution in [0.4, 0.5) is 42.5 Å². The maximum Gasteiger partial charge on any atom is 0.427 e. The Morgan fingerprint density at radius 1 is 0.592 bits per heavy atom. The Morgan fingerprint density at radius 3 is 1.25 bits per heavy atom. The fourth-order valence-electron chi connectivity index (χ4n) is 8.02. The summed E-state index contributed by atoms with van der Waals surface area (Å²) in [7, 11) is 86.2. The molecule has 71 heavy (non-hydrogen) atoms. The molecule has 6 rings (SSSR count). The molecule has 2 saturated carbocycles. The van der Waals surface area contributed by atoms with Gasteiger partial charge in [-0.2, -0.15) is 26.3 Å². The molecule has 2 amide bonds. The number of aliphatic hydroxyl groups is 2. The van der Waals surface area contributed by atoms with Crippen molar-refractivity contribution in [2.24, 2.45) is 11.8 Å². The first-order chi connectivity index (χ1) is 33.0. The van der Waals surface area contributed by atoms with Crippen molar-refractivity contribution in [1.82, 2.24) is 10.6 Å². The van der Waals surface area contributed by atoms with E-state index >= 15 is 0 Å². The predicted octanol–water partition coefficient (Wildman–Crippen LogP) is -5.15. The van der Waals surface area contributed by atoms with E-state index in [0.29, 0.717) is 11.1 Å². The number of anilines is 2. The number of fused-ring (bicyclic) bond motifs is 2. The summed E-state index contributed by atoms with van der Waals surface area (Å²) in [5.41, 5.74) is -4.28. The summed E-state index contributed by atoms with van der Waals surface area (Å²) in [6, 6.07) is 7.23. The lowest BCUT2D eigenvalue weighted by molar-refractivity contribution is -0.178. The lowest BCUT2D eigenvalue weighted by atomic mass is 8.35. The summed E-state index contributed by atoms with van der Waals surface area (Å²) < 4.78 is 82.5. The van der Waals surface area contributed by atoms with Gasteiger partial charge in [-0.3, -0.25) is 0 Å². The maximum absolute atomic E-state index is 13.8. The number of hydrogen-bond acceptors (Lipinski definition) is 4. The van der Waals surface area contributed by atoms with Gasteiger partial charge in [-0.15, -0.1) is 0 Å². The molecule has 2 atom stereocenters. The second-order valence-corrected chi connectivity index (χ2v) is 17.8. The molecule has 0 saturated heterocycles. The van der Waals surface area contributed by atoms with Gasteiger partial charge in [0.05, 0.1) is 13.2 Å². The van der Waals surface area contributed by atoms with E-state index in [4.69, 9.17) is 123 Å². The molecule has 4 aliphatic rings. The van der Waals surface area contributed by atoms with Crippen molar-refractivity contribution in [3.05, 3.63) is 58.7 Å². The maximum atomic E-state index is 13.8. The summed E-state index contributed by atoms with van der Waals surface area (Å²) in [6.45, 7) is -0.592. The highest BCUT2D eigenvalue weighted by Gasteiger charge is 2.60. The monoisotopic (exact) mass is 933 g/mol. The minimum Gasteiger partial charge on any atom is -0.392 e. The lowest BCUT2D eigenvalue weighted by Crippen LogP contribution is -2.84. The van der Waals surface area contributed by atoms with Gasteiger partial charge in [-0.25, -0.2) is 4.79 Å². The zero-order valence-electron chi connectivity index (χ0n) is 38.4. The van der Waals surface area contributed by atoms with Crippen LogP contribution in [0.1, 0.15) is 47.9 Å². The number of benzene rings is 2. The molecular formula is C30H26B27F6N4O3S. The topological polar surface area (TPSA) is 106 Å². The normalized spacial score (nSPS) is 18.0. The van der Waals surface area contributed by atoms with Crippen LogP contribution < -0.4 is 21.3 Å². The standard InChI is InChI=1S/C15H13F3N2O2.C15H13F3N2OS.B24.B3/c2*16-15(17,18)14(6-5-9-1-2-9)11-4-3-10(8-21)7-12(11)19-13(22)20-14;1-14(2)20(13)23(19(11)12)24(21(15(3)4)16(5)6)22(17(7)8)18(9)10;1-3-2/h2*3-4,7,9,21H,1-2,8H2,(H2,19,20,22);;. The van der Waals surface area contributed by atoms with Gasteiger partial charge >= 0.3 is 18.4 Å². The molecule has 0 spiro atoms. The van der Waals surface area contributed by atoms with E-state index in [1.807, 2.05) is 5.32 Å². The molecule has 31 radical (unpaired) electrons. The molecule has 2 aliphatic carbocycles. The second kappa shape index (κ2) is 27.0. The first kappa shape index (κ1) is 63.1. The molecule has 313 valence electrons. The number of halogens is 6. The third kappa shape index (κ3) is 16.4. The van der Waals surface area contributed by atoms with Gasteiger partial charge in [0.15, 0.2) is 5.11 Å². The van der Waals surface area contributed by atoms with Crippen LogP contribution in [-0.4, -0.2) is 227 Å². The molecule has 2 heterocycles. The average molecular weight is 929 g/mol. The number of rotatable bonds is 12. The summed E-state index contributed by atoms with van der Waals surface area (Å²) in [5, 5.41) is 27.4. The van der Waals surface area contributed by atoms with E-state index in [0.717, 1.165) is 32.7 Å². The fraction of sp³-hybridized carbons (Fsp3) is 0.400. The molecule has 6 N–H and O–H groups in total. The van der Waals surface area contributed by atoms with Crippen molar-refractivity contribution in [2.45, 2.75) is 62.3 Å². The summed E-state index contributed by atoms with van der Waals surface area (Å²) in [5.74, 6) is 9.93. The number of nitrogens with one attached hydrogen (secondary N) is 4. The number of thiocarbonyl (C=S) groups is 1. The first-order valence-electron chi connectivity index (χ1n) is 21.9. The molecule has 2 fully saturated rings. The largest absolute Gasteiger partial charge is 0.427 e. The molecule has 2 unspecified atom stereocenters. The number of carbonyl (C=O) groups excluding carboxylic acids is 1. The minimum absolute atomic E-state index is 0.0118. The molecule has 7 nitrogen and oxygen atoms in total. The van der Waals surface area contributed by atoms with Gasteiger partial charge < -0.3 is 31.5 Å². The molecule has 0 bridgehead atoms. The fourth-order valence-corrected chi connectivity index (χ4v) is 8.28. The van der Waals surface area contributed by atoms with E-state index in [-0.39, 0.29) is 52.7 Å². The van der Waals surface area contributed by atoms with E-state index < -0.39 is 99.7 Å². The van der Waals surface area contributed by atoms with Crippen molar-refractivity contribution in [3.63, 3.8) is 0 Å². The highest BCUT2D eigenvalue weighted by molar-refractivity contribution is 8.23. The van der Waals surface area contributed by atoms with Gasteiger partial charge in [-0.1, -0.05) is 47.9 Å². The Bertz CT molecular complexity index is 2100. The Labute approximate surface area is 444 Å². The van der Waals surface area contributed by atoms with Gasteiger partial charge in [0.1, 0.15) is 0 Å². The number of carbonyl (C=O) groups is 1. The predicted molar refractivity (Wildman–Crippen MR) is 308 cm³/mol. The Morgan fingerprint density at radius 2 is 0.944 bits per heavy atom. The molecule has 2 aromatic carbocycles. The van der Waals surface area contributed by atoms with E-state index in [1.165, 1.54) is 36.4 Å². The van der Waals surface area contributed by atoms with Gasteiger partial charge in [0, 0.05) is 228 Å². The van der Waals surface area contributed by atoms with Crippen molar-refractivity contribution >= 4 is 228 Å². The summed E-state index contributed by atoms with van der Waals surface area (Å²) in [4.78, 5) is 11.7. The zero-order chi connectivity index (χ0) is 54.0. The molecule has 2 aromatic rings. The number of urea groups is 1. The van der Waals surface area contributed by atoms with Crippen LogP contribution in [0.25, 0.3) is 0 Å². The van der Waals surface area contributed by atoms with Crippen LogP contribution in [0.2, 0.25) is 0 Å². The van der Waals surface area contributed by atoms with Crippen LogP contribution in [-0.2, 0) is 24.3 Å². The Hall–Kier alpha value is -2.23. The lowest BCUT2D eigenvalue weighted by Gasteiger charge is -2.46. The number of alkyl halides is 6. The third-order valence-electron chi connectivity index (χ3n) is 11.8. The minimum atomic E-state index is -4.76. The van der Waals surface area contributed by atoms with Crippen LogP contribution in [0.3, 0.4) is 0 Å². The molecular weight excluding hydrogens is 902 g/mol. The van der Waals surface area contributed by atoms with Crippen LogP contribution >= 0.6 is 12.2 Å². The van der Waals surface area contributed by atoms with Gasteiger partial charge in [0.25, 0.3) is 0 Å². The third-order valence-corrected chi connectivity index (χ3v) is 12.0. The van der Waals surface area contributed by atoms with Gasteiger partial charge in [-0.05, 0) is 61.2 Å². The first-order valence-corrected chi connectivity index (χ1v) is 22.3. The van der Waals surface area contributed by atoms with E-state index in [2.05, 4.69) is 55.1 Å². The van der Waals surface area contributed by atoms with Crippen LogP contribution in [0.15, 0.2) is 36.4 Å².